The molecule has 0 aliphatic heterocycles. The van der Waals surface area contributed by atoms with Gasteiger partial charge in [-0.1, -0.05) is 37.3 Å². The van der Waals surface area contributed by atoms with Crippen LogP contribution in [0.15, 0.2) is 42.7 Å². The zero-order valence-corrected chi connectivity index (χ0v) is 12.2. The third kappa shape index (κ3) is 4.10. The molecule has 0 fully saturated rings. The highest BCUT2D eigenvalue weighted by molar-refractivity contribution is 5.26. The third-order valence-corrected chi connectivity index (χ3v) is 3.48. The van der Waals surface area contributed by atoms with Gasteiger partial charge in [0.15, 0.2) is 0 Å². The Labute approximate surface area is 120 Å². The Kier molecular flexibility index (Phi) is 5.62. The van der Waals surface area contributed by atoms with Crippen LogP contribution in [-0.2, 0) is 11.3 Å². The fourth-order valence-electron chi connectivity index (χ4n) is 2.20. The van der Waals surface area contributed by atoms with Crippen LogP contribution >= 0.6 is 0 Å². The first kappa shape index (κ1) is 14.6. The van der Waals surface area contributed by atoms with Gasteiger partial charge in [-0.2, -0.15) is 0 Å². The zero-order chi connectivity index (χ0) is 14.2. The lowest BCUT2D eigenvalue weighted by atomic mass is 9.98. The van der Waals surface area contributed by atoms with Gasteiger partial charge in [0.25, 0.3) is 0 Å². The number of imidazole rings is 1. The number of nitrogens with one attached hydrogen (secondary N) is 1. The molecule has 1 aromatic carbocycles. The minimum Gasteiger partial charge on any atom is -0.383 e. The first-order chi connectivity index (χ1) is 9.81. The van der Waals surface area contributed by atoms with Gasteiger partial charge in [-0.25, -0.2) is 4.98 Å². The fraction of sp³-hybridized carbons (Fsp3) is 0.438. The van der Waals surface area contributed by atoms with Gasteiger partial charge in [-0.15, -0.1) is 0 Å². The molecule has 108 valence electrons. The van der Waals surface area contributed by atoms with Gasteiger partial charge in [-0.05, 0) is 17.9 Å². The number of aromatic nitrogens is 2. The van der Waals surface area contributed by atoms with Crippen molar-refractivity contribution in [2.24, 2.45) is 0 Å². The molecule has 0 amide bonds. The van der Waals surface area contributed by atoms with E-state index in [0.29, 0.717) is 12.5 Å². The van der Waals surface area contributed by atoms with Crippen molar-refractivity contribution in [3.8, 4) is 0 Å². The molecule has 1 unspecified atom stereocenters. The molecule has 0 aliphatic carbocycles. The maximum absolute atomic E-state index is 5.09. The van der Waals surface area contributed by atoms with Crippen molar-refractivity contribution in [1.82, 2.24) is 9.55 Å². The summed E-state index contributed by atoms with van der Waals surface area (Å²) in [6, 6.07) is 10.6. The summed E-state index contributed by atoms with van der Waals surface area (Å²) in [5, 5.41) is 3.40. The molecule has 1 heterocycles. The predicted octanol–water partition coefficient (Wildman–Crippen LogP) is 3.14. The summed E-state index contributed by atoms with van der Waals surface area (Å²) >= 11 is 0. The van der Waals surface area contributed by atoms with E-state index in [9.17, 15) is 0 Å². The Balaban J connectivity index is 1.80. The second-order valence-corrected chi connectivity index (χ2v) is 4.96. The van der Waals surface area contributed by atoms with E-state index < -0.39 is 0 Å². The highest BCUT2D eigenvalue weighted by Gasteiger charge is 2.06. The van der Waals surface area contributed by atoms with Gasteiger partial charge in [0.1, 0.15) is 0 Å². The zero-order valence-electron chi connectivity index (χ0n) is 12.2. The van der Waals surface area contributed by atoms with Crippen LogP contribution in [-0.4, -0.2) is 29.8 Å². The lowest BCUT2D eigenvalue weighted by Gasteiger charge is -2.13. The van der Waals surface area contributed by atoms with Crippen LogP contribution < -0.4 is 5.32 Å². The molecule has 0 bridgehead atoms. The van der Waals surface area contributed by atoms with Gasteiger partial charge in [0.05, 0.1) is 6.61 Å². The number of nitrogens with zero attached hydrogens (tertiary/aromatic N) is 2. The van der Waals surface area contributed by atoms with Gasteiger partial charge in [0.2, 0.25) is 5.95 Å². The summed E-state index contributed by atoms with van der Waals surface area (Å²) in [4.78, 5) is 4.33. The van der Waals surface area contributed by atoms with Crippen molar-refractivity contribution in [2.75, 3.05) is 25.6 Å². The number of benzene rings is 1. The van der Waals surface area contributed by atoms with Crippen LogP contribution in [0, 0.1) is 0 Å². The Bertz CT molecular complexity index is 495. The van der Waals surface area contributed by atoms with Crippen molar-refractivity contribution in [3.63, 3.8) is 0 Å². The van der Waals surface area contributed by atoms with Crippen LogP contribution in [0.2, 0.25) is 0 Å². The summed E-state index contributed by atoms with van der Waals surface area (Å²) in [7, 11) is 1.71. The van der Waals surface area contributed by atoms with Crippen molar-refractivity contribution in [3.05, 3.63) is 48.3 Å². The maximum Gasteiger partial charge on any atom is 0.202 e. The minimum absolute atomic E-state index is 0.547. The second-order valence-electron chi connectivity index (χ2n) is 4.96. The fourth-order valence-corrected chi connectivity index (χ4v) is 2.20. The van der Waals surface area contributed by atoms with Crippen LogP contribution in [0.25, 0.3) is 0 Å². The summed E-state index contributed by atoms with van der Waals surface area (Å²) < 4.78 is 7.17. The predicted molar refractivity (Wildman–Crippen MR) is 82.1 cm³/mol. The highest BCUT2D eigenvalue weighted by atomic mass is 16.5. The molecule has 0 saturated carbocycles. The number of ether oxygens (including phenoxy) is 1. The molecule has 4 heteroatoms. The van der Waals surface area contributed by atoms with E-state index in [2.05, 4.69) is 52.1 Å². The summed E-state index contributed by atoms with van der Waals surface area (Å²) in [6.07, 6.45) is 4.88. The minimum atomic E-state index is 0.547. The Morgan fingerprint density at radius 2 is 2.10 bits per heavy atom. The molecule has 1 atom stereocenters. The molecule has 4 nitrogen and oxygen atoms in total. The van der Waals surface area contributed by atoms with Crippen LogP contribution in [0.4, 0.5) is 5.95 Å². The van der Waals surface area contributed by atoms with Crippen molar-refractivity contribution in [1.29, 1.82) is 0 Å². The lowest BCUT2D eigenvalue weighted by molar-refractivity contribution is 0.187. The topological polar surface area (TPSA) is 39.1 Å². The monoisotopic (exact) mass is 273 g/mol. The Morgan fingerprint density at radius 1 is 1.30 bits per heavy atom. The first-order valence-electron chi connectivity index (χ1n) is 7.10. The molecule has 1 N–H and O–H groups in total. The number of rotatable bonds is 8. The van der Waals surface area contributed by atoms with Crippen LogP contribution in [0.3, 0.4) is 0 Å². The quantitative estimate of drug-likeness (QED) is 0.803. The van der Waals surface area contributed by atoms with E-state index >= 15 is 0 Å². The summed E-state index contributed by atoms with van der Waals surface area (Å²) in [6.45, 7) is 4.70. The Morgan fingerprint density at radius 3 is 2.85 bits per heavy atom. The standard InChI is InChI=1S/C16H23N3O/c1-14(15-6-4-3-5-7-15)8-9-17-16-18-10-11-19(16)12-13-20-2/h3-7,10-11,14H,8-9,12-13H2,1-2H3,(H,17,18). The van der Waals surface area contributed by atoms with Gasteiger partial charge >= 0.3 is 0 Å². The SMILES string of the molecule is COCCn1ccnc1NCCC(C)c1ccccc1. The van der Waals surface area contributed by atoms with E-state index in [4.69, 9.17) is 4.74 Å². The second kappa shape index (κ2) is 7.70. The van der Waals surface area contributed by atoms with Crippen molar-refractivity contribution in [2.45, 2.75) is 25.8 Å². The molecule has 2 rings (SSSR count). The molecular formula is C16H23N3O. The first-order valence-corrected chi connectivity index (χ1v) is 7.10. The molecular weight excluding hydrogens is 250 g/mol. The maximum atomic E-state index is 5.09. The smallest absolute Gasteiger partial charge is 0.202 e. The number of hydrogen-bond acceptors (Lipinski definition) is 3. The van der Waals surface area contributed by atoms with Crippen molar-refractivity contribution >= 4 is 5.95 Å². The van der Waals surface area contributed by atoms with E-state index in [1.165, 1.54) is 5.56 Å². The average Bonchev–Trinajstić information content (AvgIpc) is 2.93. The van der Waals surface area contributed by atoms with Gasteiger partial charge < -0.3 is 14.6 Å². The molecule has 0 saturated heterocycles. The summed E-state index contributed by atoms with van der Waals surface area (Å²) in [5.41, 5.74) is 1.39. The normalized spacial score (nSPS) is 12.3. The molecule has 0 spiro atoms. The molecule has 1 aromatic heterocycles. The Hall–Kier alpha value is -1.81. The number of anilines is 1. The molecule has 20 heavy (non-hydrogen) atoms. The van der Waals surface area contributed by atoms with Crippen LogP contribution in [0.1, 0.15) is 24.8 Å². The molecule has 0 aliphatic rings. The lowest BCUT2D eigenvalue weighted by Crippen LogP contribution is -2.12. The largest absolute Gasteiger partial charge is 0.383 e. The van der Waals surface area contributed by atoms with E-state index in [1.807, 2.05) is 12.4 Å². The van der Waals surface area contributed by atoms with Gasteiger partial charge in [-0.3, -0.25) is 0 Å². The van der Waals surface area contributed by atoms with E-state index in [1.54, 1.807) is 7.11 Å². The molecule has 2 aromatic rings. The van der Waals surface area contributed by atoms with E-state index in [0.717, 1.165) is 25.5 Å². The summed E-state index contributed by atoms with van der Waals surface area (Å²) in [5.74, 6) is 1.47. The van der Waals surface area contributed by atoms with Crippen molar-refractivity contribution < 1.29 is 4.74 Å². The van der Waals surface area contributed by atoms with Crippen LogP contribution in [0.5, 0.6) is 0 Å². The number of methoxy groups -OCH3 is 1. The van der Waals surface area contributed by atoms with E-state index in [-0.39, 0.29) is 0 Å². The highest BCUT2D eigenvalue weighted by Crippen LogP contribution is 2.18. The average molecular weight is 273 g/mol. The number of hydrogen-bond donors (Lipinski definition) is 1. The third-order valence-electron chi connectivity index (χ3n) is 3.48. The molecule has 0 radical (unpaired) electrons. The van der Waals surface area contributed by atoms with Gasteiger partial charge in [0, 0.05) is 32.6 Å².